The normalized spacial score (nSPS) is 37.2. The van der Waals surface area contributed by atoms with Crippen LogP contribution in [0.4, 0.5) is 0 Å². The van der Waals surface area contributed by atoms with E-state index in [1.165, 1.54) is 7.11 Å². The molecule has 2 atom stereocenters. The fraction of sp³-hybridized carbons (Fsp3) is 0.875. The van der Waals surface area contributed by atoms with Gasteiger partial charge in [0.05, 0.1) is 34.7 Å². The van der Waals surface area contributed by atoms with Crippen molar-refractivity contribution in [3.8, 4) is 0 Å². The monoisotopic (exact) mass is 359 g/mol. The molecule has 0 N–H and O–H groups in total. The van der Waals surface area contributed by atoms with Crippen LogP contribution in [0.25, 0.3) is 0 Å². The second kappa shape index (κ2) is 5.98. The number of ether oxygens (including phenoxy) is 2. The predicted octanol–water partition coefficient (Wildman–Crippen LogP) is 1.22. The van der Waals surface area contributed by atoms with Gasteiger partial charge in [-0.05, 0) is 56.8 Å². The maximum Gasteiger partial charge on any atom is 0.312 e. The van der Waals surface area contributed by atoms with Crippen molar-refractivity contribution >= 4 is 22.1 Å². The van der Waals surface area contributed by atoms with Crippen molar-refractivity contribution in [3.05, 3.63) is 0 Å². The zero-order chi connectivity index (χ0) is 17.6. The Kier molecular flexibility index (Phi) is 4.40. The molecule has 136 valence electrons. The minimum atomic E-state index is -4.29. The van der Waals surface area contributed by atoms with Gasteiger partial charge in [-0.15, -0.1) is 0 Å². The Morgan fingerprint density at radius 2 is 1.62 bits per heavy atom. The molecule has 8 heteroatoms. The number of carbonyl (C=O) groups is 2. The summed E-state index contributed by atoms with van der Waals surface area (Å²) in [7, 11) is -2.91. The summed E-state index contributed by atoms with van der Waals surface area (Å²) in [5.41, 5.74) is -1.23. The second-order valence-corrected chi connectivity index (χ2v) is 9.29. The molecule has 4 rings (SSSR count). The molecule has 0 aromatic heterocycles. The van der Waals surface area contributed by atoms with Crippen LogP contribution in [-0.4, -0.2) is 44.4 Å². The molecule has 0 heterocycles. The molecule has 0 radical (unpaired) electrons. The number of methoxy groups -OCH3 is 1. The first-order valence-electron chi connectivity index (χ1n) is 8.37. The molecule has 7 nitrogen and oxygen atoms in total. The highest BCUT2D eigenvalue weighted by atomic mass is 32.2. The van der Waals surface area contributed by atoms with E-state index in [1.807, 2.05) is 0 Å². The molecule has 4 bridgehead atoms. The van der Waals surface area contributed by atoms with Crippen LogP contribution in [0.2, 0.25) is 0 Å². The van der Waals surface area contributed by atoms with Crippen LogP contribution in [0.5, 0.6) is 0 Å². The molecule has 0 spiro atoms. The lowest BCUT2D eigenvalue weighted by Crippen LogP contribution is -2.58. The topological polar surface area (TPSA) is 110 Å². The molecule has 0 aromatic rings. The van der Waals surface area contributed by atoms with E-state index < -0.39 is 26.7 Å². The molecular formula is C16H23O7S-. The Hall–Kier alpha value is -1.15. The molecule has 0 aromatic carbocycles. The van der Waals surface area contributed by atoms with Crippen LogP contribution in [0.15, 0.2) is 0 Å². The van der Waals surface area contributed by atoms with Gasteiger partial charge in [-0.2, -0.15) is 0 Å². The minimum absolute atomic E-state index is 0.00263. The molecule has 4 aliphatic rings. The van der Waals surface area contributed by atoms with Crippen molar-refractivity contribution in [1.82, 2.24) is 0 Å². The third-order valence-electron chi connectivity index (χ3n) is 5.88. The molecule has 4 saturated carbocycles. The Bertz CT molecular complexity index is 625. The largest absolute Gasteiger partial charge is 0.748 e. The van der Waals surface area contributed by atoms with Crippen molar-refractivity contribution in [3.63, 3.8) is 0 Å². The number of carbonyl (C=O) groups excluding carboxylic acids is 2. The Morgan fingerprint density at radius 1 is 1.08 bits per heavy atom. The van der Waals surface area contributed by atoms with Crippen LogP contribution in [0.3, 0.4) is 0 Å². The summed E-state index contributed by atoms with van der Waals surface area (Å²) in [5, 5.41) is 0. The van der Waals surface area contributed by atoms with Gasteiger partial charge in [0.15, 0.2) is 0 Å². The van der Waals surface area contributed by atoms with Gasteiger partial charge in [0.25, 0.3) is 0 Å². The van der Waals surface area contributed by atoms with Gasteiger partial charge < -0.3 is 14.0 Å². The SMILES string of the molecule is COC(=O)C12CC3CC(C1)CC(C(=O)OCCCS(=O)(=O)[O-])(C3)C2. The third-order valence-corrected chi connectivity index (χ3v) is 6.67. The number of rotatable bonds is 6. The van der Waals surface area contributed by atoms with E-state index >= 15 is 0 Å². The van der Waals surface area contributed by atoms with Crippen LogP contribution < -0.4 is 0 Å². The first-order chi connectivity index (χ1) is 11.2. The fourth-order valence-corrected chi connectivity index (χ4v) is 5.98. The van der Waals surface area contributed by atoms with Gasteiger partial charge in [-0.25, -0.2) is 8.42 Å². The van der Waals surface area contributed by atoms with Gasteiger partial charge in [0.2, 0.25) is 0 Å². The van der Waals surface area contributed by atoms with Crippen LogP contribution in [0, 0.1) is 22.7 Å². The van der Waals surface area contributed by atoms with E-state index in [0.717, 1.165) is 32.1 Å². The lowest BCUT2D eigenvalue weighted by molar-refractivity contribution is -0.192. The second-order valence-electron chi connectivity index (χ2n) is 7.76. The van der Waals surface area contributed by atoms with Crippen LogP contribution in [0.1, 0.15) is 44.9 Å². The predicted molar refractivity (Wildman–Crippen MR) is 81.7 cm³/mol. The number of hydrogen-bond donors (Lipinski definition) is 0. The van der Waals surface area contributed by atoms with Crippen LogP contribution >= 0.6 is 0 Å². The van der Waals surface area contributed by atoms with E-state index in [-0.39, 0.29) is 25.0 Å². The highest BCUT2D eigenvalue weighted by molar-refractivity contribution is 7.85. The summed E-state index contributed by atoms with van der Waals surface area (Å²) in [6.07, 6.45) is 4.50. The lowest BCUT2D eigenvalue weighted by Gasteiger charge is -2.59. The van der Waals surface area contributed by atoms with Gasteiger partial charge in [-0.1, -0.05) is 0 Å². The summed E-state index contributed by atoms with van der Waals surface area (Å²) >= 11 is 0. The Balaban J connectivity index is 1.68. The standard InChI is InChI=1S/C16H24O7S/c1-22-13(17)15-6-11-5-12(7-15)9-16(8-11,10-15)14(18)23-3-2-4-24(19,20)21/h11-12H,2-10H2,1H3,(H,19,20,21)/p-1. The summed E-state index contributed by atoms with van der Waals surface area (Å²) in [6, 6.07) is 0. The van der Waals surface area contributed by atoms with Crippen molar-refractivity contribution in [1.29, 1.82) is 0 Å². The Labute approximate surface area is 141 Å². The lowest BCUT2D eigenvalue weighted by atomic mass is 9.44. The average Bonchev–Trinajstić information content (AvgIpc) is 2.48. The third kappa shape index (κ3) is 3.18. The molecule has 0 aliphatic heterocycles. The number of hydrogen-bond acceptors (Lipinski definition) is 7. The number of esters is 2. The molecular weight excluding hydrogens is 336 g/mol. The van der Waals surface area contributed by atoms with E-state index in [4.69, 9.17) is 9.47 Å². The molecule has 0 amide bonds. The van der Waals surface area contributed by atoms with Gasteiger partial charge in [0.1, 0.15) is 0 Å². The van der Waals surface area contributed by atoms with Gasteiger partial charge >= 0.3 is 11.9 Å². The minimum Gasteiger partial charge on any atom is -0.748 e. The molecule has 2 unspecified atom stereocenters. The van der Waals surface area contributed by atoms with Crippen molar-refractivity contribution < 1.29 is 32.0 Å². The summed E-state index contributed by atoms with van der Waals surface area (Å²) in [5.74, 6) is -0.454. The zero-order valence-electron chi connectivity index (χ0n) is 13.8. The smallest absolute Gasteiger partial charge is 0.312 e. The van der Waals surface area contributed by atoms with Crippen molar-refractivity contribution in [2.45, 2.75) is 44.9 Å². The van der Waals surface area contributed by atoms with E-state index in [9.17, 15) is 22.6 Å². The fourth-order valence-electron chi connectivity index (χ4n) is 5.51. The van der Waals surface area contributed by atoms with E-state index in [1.54, 1.807) is 0 Å². The van der Waals surface area contributed by atoms with E-state index in [2.05, 4.69) is 0 Å². The average molecular weight is 359 g/mol. The maximum absolute atomic E-state index is 12.7. The quantitative estimate of drug-likeness (QED) is 0.398. The molecule has 24 heavy (non-hydrogen) atoms. The maximum atomic E-state index is 12.7. The highest BCUT2D eigenvalue weighted by Crippen LogP contribution is 2.65. The first-order valence-corrected chi connectivity index (χ1v) is 9.95. The Morgan fingerprint density at radius 3 is 2.12 bits per heavy atom. The first kappa shape index (κ1) is 17.7. The summed E-state index contributed by atoms with van der Waals surface area (Å²) in [4.78, 5) is 25.0. The summed E-state index contributed by atoms with van der Waals surface area (Å²) < 4.78 is 42.1. The summed E-state index contributed by atoms with van der Waals surface area (Å²) in [6.45, 7) is -0.0807. The molecule has 4 aliphatic carbocycles. The van der Waals surface area contributed by atoms with Crippen LogP contribution in [-0.2, 0) is 29.2 Å². The van der Waals surface area contributed by atoms with Gasteiger partial charge in [0, 0.05) is 5.75 Å². The van der Waals surface area contributed by atoms with Crippen molar-refractivity contribution in [2.75, 3.05) is 19.5 Å². The molecule has 4 fully saturated rings. The van der Waals surface area contributed by atoms with Gasteiger partial charge in [-0.3, -0.25) is 9.59 Å². The zero-order valence-corrected chi connectivity index (χ0v) is 14.6. The molecule has 0 saturated heterocycles. The van der Waals surface area contributed by atoms with E-state index in [0.29, 0.717) is 18.3 Å². The highest BCUT2D eigenvalue weighted by Gasteiger charge is 2.64. The van der Waals surface area contributed by atoms with Crippen molar-refractivity contribution in [2.24, 2.45) is 22.7 Å².